The Kier molecular flexibility index (Phi) is 5.31. The van der Waals surface area contributed by atoms with Crippen molar-refractivity contribution in [2.75, 3.05) is 32.1 Å². The molecule has 0 unspecified atom stereocenters. The van der Waals surface area contributed by atoms with Crippen LogP contribution in [-0.2, 0) is 6.42 Å². The zero-order chi connectivity index (χ0) is 17.8. The number of hydrogen-bond acceptors (Lipinski definition) is 6. The molecule has 1 aliphatic rings. The predicted octanol–water partition coefficient (Wildman–Crippen LogP) is 2.32. The van der Waals surface area contributed by atoms with Crippen molar-refractivity contribution in [1.82, 2.24) is 20.0 Å². The van der Waals surface area contributed by atoms with E-state index in [4.69, 9.17) is 4.52 Å². The fourth-order valence-electron chi connectivity index (χ4n) is 3.14. The molecule has 0 aromatic carbocycles. The third-order valence-corrected chi connectivity index (χ3v) is 4.79. The summed E-state index contributed by atoms with van der Waals surface area (Å²) in [6.45, 7) is 3.55. The zero-order valence-corrected chi connectivity index (χ0v) is 15.1. The number of amides is 1. The Morgan fingerprint density at radius 2 is 2.12 bits per heavy atom. The number of likely N-dealkylation sites (tertiary alicyclic amines) is 1. The highest BCUT2D eigenvalue weighted by Crippen LogP contribution is 2.24. The highest BCUT2D eigenvalue weighted by molar-refractivity contribution is 5.95. The van der Waals surface area contributed by atoms with Crippen LogP contribution in [0.5, 0.6) is 0 Å². The molecule has 3 heterocycles. The molecule has 2 aromatic rings. The molecule has 1 aliphatic heterocycles. The number of nitrogens with zero attached hydrogens (tertiary/aromatic N) is 5. The Morgan fingerprint density at radius 3 is 2.76 bits per heavy atom. The van der Waals surface area contributed by atoms with Crippen LogP contribution in [0.1, 0.15) is 41.0 Å². The molecular formula is C18H25N5O2. The van der Waals surface area contributed by atoms with Crippen molar-refractivity contribution in [1.29, 1.82) is 0 Å². The van der Waals surface area contributed by atoms with Gasteiger partial charge in [-0.25, -0.2) is 0 Å². The van der Waals surface area contributed by atoms with Gasteiger partial charge in [-0.15, -0.1) is 0 Å². The lowest BCUT2D eigenvalue weighted by atomic mass is 9.91. The van der Waals surface area contributed by atoms with Gasteiger partial charge in [0.1, 0.15) is 0 Å². The van der Waals surface area contributed by atoms with E-state index in [1.807, 2.05) is 32.0 Å². The topological polar surface area (TPSA) is 75.4 Å². The van der Waals surface area contributed by atoms with Crippen molar-refractivity contribution in [3.8, 4) is 0 Å². The first-order valence-electron chi connectivity index (χ1n) is 8.74. The SMILES string of the molecule is Cc1ccncc1C(=O)N1CCC(CCc2noc(N(C)C)n2)CC1. The van der Waals surface area contributed by atoms with Crippen LogP contribution in [-0.4, -0.2) is 53.1 Å². The average Bonchev–Trinajstić information content (AvgIpc) is 3.10. The molecule has 1 fully saturated rings. The molecule has 0 saturated carbocycles. The standard InChI is InChI=1S/C18H25N5O2/c1-13-6-9-19-12-15(13)17(24)23-10-7-14(8-11-23)4-5-16-20-18(22(2)3)25-21-16/h6,9,12,14H,4-5,7-8,10-11H2,1-3H3. The number of aryl methyl sites for hydroxylation is 2. The monoisotopic (exact) mass is 343 g/mol. The summed E-state index contributed by atoms with van der Waals surface area (Å²) >= 11 is 0. The maximum absolute atomic E-state index is 12.6. The number of carbonyl (C=O) groups excluding carboxylic acids is 1. The van der Waals surface area contributed by atoms with Crippen LogP contribution >= 0.6 is 0 Å². The Balaban J connectivity index is 1.48. The van der Waals surface area contributed by atoms with Crippen molar-refractivity contribution in [3.63, 3.8) is 0 Å². The second-order valence-corrected chi connectivity index (χ2v) is 6.85. The molecule has 0 bridgehead atoms. The summed E-state index contributed by atoms with van der Waals surface area (Å²) in [4.78, 5) is 24.8. The van der Waals surface area contributed by atoms with Crippen molar-refractivity contribution >= 4 is 11.9 Å². The van der Waals surface area contributed by atoms with E-state index in [0.29, 0.717) is 17.5 Å². The van der Waals surface area contributed by atoms with Crippen LogP contribution in [0.15, 0.2) is 23.0 Å². The molecule has 0 atom stereocenters. The first-order valence-corrected chi connectivity index (χ1v) is 8.74. The average molecular weight is 343 g/mol. The number of aromatic nitrogens is 3. The third kappa shape index (κ3) is 4.15. The summed E-state index contributed by atoms with van der Waals surface area (Å²) in [5.74, 6) is 1.45. The summed E-state index contributed by atoms with van der Waals surface area (Å²) in [7, 11) is 3.77. The van der Waals surface area contributed by atoms with Gasteiger partial charge < -0.3 is 14.3 Å². The van der Waals surface area contributed by atoms with Gasteiger partial charge in [0.15, 0.2) is 5.82 Å². The fraction of sp³-hybridized carbons (Fsp3) is 0.556. The minimum atomic E-state index is 0.0952. The van der Waals surface area contributed by atoms with Crippen LogP contribution in [0.25, 0.3) is 0 Å². The van der Waals surface area contributed by atoms with Gasteiger partial charge in [0.05, 0.1) is 5.56 Å². The number of anilines is 1. The van der Waals surface area contributed by atoms with Gasteiger partial charge in [-0.05, 0) is 43.7 Å². The van der Waals surface area contributed by atoms with E-state index >= 15 is 0 Å². The molecule has 134 valence electrons. The second-order valence-electron chi connectivity index (χ2n) is 6.85. The van der Waals surface area contributed by atoms with E-state index in [1.54, 1.807) is 17.3 Å². The van der Waals surface area contributed by atoms with Crippen molar-refractivity contribution in [3.05, 3.63) is 35.4 Å². The third-order valence-electron chi connectivity index (χ3n) is 4.79. The van der Waals surface area contributed by atoms with Crippen molar-refractivity contribution in [2.45, 2.75) is 32.6 Å². The lowest BCUT2D eigenvalue weighted by Gasteiger charge is -2.32. The van der Waals surface area contributed by atoms with Crippen molar-refractivity contribution in [2.24, 2.45) is 5.92 Å². The minimum Gasteiger partial charge on any atom is -0.339 e. The predicted molar refractivity (Wildman–Crippen MR) is 94.5 cm³/mol. The Labute approximate surface area is 148 Å². The molecule has 0 spiro atoms. The summed E-state index contributed by atoms with van der Waals surface area (Å²) in [5, 5.41) is 4.02. The Hall–Kier alpha value is -2.44. The molecule has 2 aromatic heterocycles. The summed E-state index contributed by atoms with van der Waals surface area (Å²) in [6, 6.07) is 2.43. The summed E-state index contributed by atoms with van der Waals surface area (Å²) in [5.41, 5.74) is 1.69. The summed E-state index contributed by atoms with van der Waals surface area (Å²) in [6.07, 6.45) is 7.27. The maximum atomic E-state index is 12.6. The van der Waals surface area contributed by atoms with E-state index < -0.39 is 0 Å². The quantitative estimate of drug-likeness (QED) is 0.829. The Morgan fingerprint density at radius 1 is 1.36 bits per heavy atom. The van der Waals surface area contributed by atoms with Gasteiger partial charge in [-0.3, -0.25) is 9.78 Å². The minimum absolute atomic E-state index is 0.0952. The smallest absolute Gasteiger partial charge is 0.323 e. The van der Waals surface area contributed by atoms with Crippen LogP contribution in [0.2, 0.25) is 0 Å². The number of pyridine rings is 1. The maximum Gasteiger partial charge on any atom is 0.323 e. The molecule has 0 N–H and O–H groups in total. The highest BCUT2D eigenvalue weighted by Gasteiger charge is 2.24. The first kappa shape index (κ1) is 17.4. The molecule has 25 heavy (non-hydrogen) atoms. The molecule has 7 heteroatoms. The largest absolute Gasteiger partial charge is 0.339 e. The molecule has 0 radical (unpaired) electrons. The lowest BCUT2D eigenvalue weighted by Crippen LogP contribution is -2.38. The van der Waals surface area contributed by atoms with E-state index in [1.165, 1.54) is 0 Å². The number of rotatable bonds is 5. The van der Waals surface area contributed by atoms with Gasteiger partial charge in [0.2, 0.25) is 0 Å². The molecule has 3 rings (SSSR count). The van der Waals surface area contributed by atoms with E-state index in [0.717, 1.165) is 50.2 Å². The Bertz CT molecular complexity index is 720. The summed E-state index contributed by atoms with van der Waals surface area (Å²) < 4.78 is 5.18. The first-order chi connectivity index (χ1) is 12.0. The van der Waals surface area contributed by atoms with Gasteiger partial charge in [-0.1, -0.05) is 5.16 Å². The van der Waals surface area contributed by atoms with Crippen LogP contribution < -0.4 is 4.90 Å². The molecule has 1 saturated heterocycles. The van der Waals surface area contributed by atoms with Crippen LogP contribution in [0.3, 0.4) is 0 Å². The number of hydrogen-bond donors (Lipinski definition) is 0. The van der Waals surface area contributed by atoms with E-state index in [-0.39, 0.29) is 5.91 Å². The van der Waals surface area contributed by atoms with Crippen LogP contribution in [0.4, 0.5) is 6.01 Å². The number of carbonyl (C=O) groups is 1. The molecule has 1 amide bonds. The van der Waals surface area contributed by atoms with Crippen molar-refractivity contribution < 1.29 is 9.32 Å². The molecular weight excluding hydrogens is 318 g/mol. The molecule has 0 aliphatic carbocycles. The fourth-order valence-corrected chi connectivity index (χ4v) is 3.14. The van der Waals surface area contributed by atoms with Gasteiger partial charge in [-0.2, -0.15) is 4.98 Å². The zero-order valence-electron chi connectivity index (χ0n) is 15.1. The highest BCUT2D eigenvalue weighted by atomic mass is 16.5. The lowest BCUT2D eigenvalue weighted by molar-refractivity contribution is 0.0685. The van der Waals surface area contributed by atoms with Gasteiger partial charge in [0.25, 0.3) is 5.91 Å². The van der Waals surface area contributed by atoms with Gasteiger partial charge in [0, 0.05) is 46.0 Å². The van der Waals surface area contributed by atoms with E-state index in [2.05, 4.69) is 15.1 Å². The van der Waals surface area contributed by atoms with Gasteiger partial charge >= 0.3 is 6.01 Å². The molecule has 7 nitrogen and oxygen atoms in total. The van der Waals surface area contributed by atoms with E-state index in [9.17, 15) is 4.79 Å². The number of piperidine rings is 1. The second kappa shape index (κ2) is 7.63. The normalized spacial score (nSPS) is 15.4. The van der Waals surface area contributed by atoms with Crippen LogP contribution in [0, 0.1) is 12.8 Å².